The Hall–Kier alpha value is -2.57. The van der Waals surface area contributed by atoms with E-state index in [0.29, 0.717) is 24.7 Å². The second kappa shape index (κ2) is 4.76. The Morgan fingerprint density at radius 1 is 1.43 bits per heavy atom. The molecule has 0 saturated heterocycles. The van der Waals surface area contributed by atoms with E-state index in [9.17, 15) is 4.79 Å². The molecule has 0 unspecified atom stereocenters. The minimum absolute atomic E-state index is 0.192. The van der Waals surface area contributed by atoms with Crippen molar-refractivity contribution in [1.29, 1.82) is 0 Å². The third kappa shape index (κ3) is 2.31. The molecule has 3 aromatic heterocycles. The highest BCUT2D eigenvalue weighted by Gasteiger charge is 2.28. The fourth-order valence-corrected chi connectivity index (χ4v) is 2.40. The molecule has 21 heavy (non-hydrogen) atoms. The van der Waals surface area contributed by atoms with E-state index in [2.05, 4.69) is 15.6 Å². The number of nitrogens with one attached hydrogen (secondary N) is 1. The summed E-state index contributed by atoms with van der Waals surface area (Å²) in [7, 11) is 0. The highest BCUT2D eigenvalue weighted by atomic mass is 16.5. The lowest BCUT2D eigenvalue weighted by Crippen LogP contribution is -2.27. The van der Waals surface area contributed by atoms with E-state index in [1.54, 1.807) is 16.8 Å². The number of hydrogen-bond acceptors (Lipinski definition) is 4. The Morgan fingerprint density at radius 3 is 3.19 bits per heavy atom. The van der Waals surface area contributed by atoms with E-state index >= 15 is 0 Å². The molecule has 1 aliphatic rings. The van der Waals surface area contributed by atoms with Gasteiger partial charge >= 0.3 is 0 Å². The molecule has 1 saturated carbocycles. The summed E-state index contributed by atoms with van der Waals surface area (Å²) in [5, 5.41) is 10.8. The minimum Gasteiger partial charge on any atom is -0.360 e. The van der Waals surface area contributed by atoms with Crippen molar-refractivity contribution in [2.75, 3.05) is 6.54 Å². The molecule has 1 amide bonds. The zero-order chi connectivity index (χ0) is 14.2. The van der Waals surface area contributed by atoms with Crippen LogP contribution in [0, 0.1) is 0 Å². The van der Waals surface area contributed by atoms with Crippen molar-refractivity contribution in [2.45, 2.75) is 25.3 Å². The first kappa shape index (κ1) is 12.2. The van der Waals surface area contributed by atoms with Gasteiger partial charge in [0, 0.05) is 43.5 Å². The quantitative estimate of drug-likeness (QED) is 0.769. The summed E-state index contributed by atoms with van der Waals surface area (Å²) in [4.78, 5) is 12.0. The summed E-state index contributed by atoms with van der Waals surface area (Å²) in [5.41, 5.74) is 1.36. The van der Waals surface area contributed by atoms with Crippen LogP contribution in [0.4, 0.5) is 0 Å². The first-order valence-corrected chi connectivity index (χ1v) is 7.04. The molecular formula is C14H15N5O2. The molecule has 3 aromatic rings. The Kier molecular flexibility index (Phi) is 2.77. The van der Waals surface area contributed by atoms with E-state index in [4.69, 9.17) is 4.52 Å². The standard InChI is InChI=1S/C14H15N5O2/c20-14(11-9-12(21-17-11)10-1-2-10)15-5-6-18-7-8-19-13(18)3-4-16-19/h3-4,7-10H,1-2,5-6H2,(H,15,20). The van der Waals surface area contributed by atoms with Crippen LogP contribution in [0.25, 0.3) is 5.65 Å². The second-order valence-electron chi connectivity index (χ2n) is 5.27. The predicted molar refractivity (Wildman–Crippen MR) is 74.0 cm³/mol. The van der Waals surface area contributed by atoms with Crippen molar-refractivity contribution < 1.29 is 9.32 Å². The monoisotopic (exact) mass is 285 g/mol. The van der Waals surface area contributed by atoms with Gasteiger partial charge in [0.1, 0.15) is 11.4 Å². The molecule has 4 rings (SSSR count). The van der Waals surface area contributed by atoms with Crippen molar-refractivity contribution in [3.8, 4) is 0 Å². The summed E-state index contributed by atoms with van der Waals surface area (Å²) >= 11 is 0. The number of rotatable bonds is 5. The lowest BCUT2D eigenvalue weighted by Gasteiger charge is -2.04. The first-order chi connectivity index (χ1) is 10.3. The van der Waals surface area contributed by atoms with Crippen molar-refractivity contribution in [3.05, 3.63) is 42.2 Å². The Bertz CT molecular complexity index is 780. The fraction of sp³-hybridized carbons (Fsp3) is 0.357. The van der Waals surface area contributed by atoms with Crippen LogP contribution in [0.15, 0.2) is 35.2 Å². The van der Waals surface area contributed by atoms with E-state index in [0.717, 1.165) is 24.2 Å². The molecule has 0 aromatic carbocycles. The van der Waals surface area contributed by atoms with Crippen LogP contribution in [0.2, 0.25) is 0 Å². The van der Waals surface area contributed by atoms with Crippen LogP contribution >= 0.6 is 0 Å². The number of amides is 1. The Balaban J connectivity index is 1.35. The van der Waals surface area contributed by atoms with E-state index in [1.165, 1.54) is 0 Å². The zero-order valence-electron chi connectivity index (χ0n) is 11.4. The normalized spacial score (nSPS) is 14.7. The van der Waals surface area contributed by atoms with Gasteiger partial charge in [-0.25, -0.2) is 4.52 Å². The molecule has 1 aliphatic carbocycles. The lowest BCUT2D eigenvalue weighted by molar-refractivity contribution is 0.0943. The van der Waals surface area contributed by atoms with Gasteiger partial charge in [-0.05, 0) is 12.8 Å². The van der Waals surface area contributed by atoms with Crippen LogP contribution in [0.1, 0.15) is 35.0 Å². The van der Waals surface area contributed by atoms with Crippen LogP contribution < -0.4 is 5.32 Å². The molecule has 3 heterocycles. The molecule has 0 spiro atoms. The summed E-state index contributed by atoms with van der Waals surface area (Å²) < 4.78 is 9.01. The zero-order valence-corrected chi connectivity index (χ0v) is 11.4. The van der Waals surface area contributed by atoms with E-state index in [1.807, 2.05) is 23.0 Å². The molecule has 1 fully saturated rings. The molecule has 0 bridgehead atoms. The Labute approximate surface area is 120 Å². The largest absolute Gasteiger partial charge is 0.360 e. The highest BCUT2D eigenvalue weighted by molar-refractivity contribution is 5.92. The predicted octanol–water partition coefficient (Wildman–Crippen LogP) is 1.43. The molecule has 0 radical (unpaired) electrons. The number of hydrogen-bond donors (Lipinski definition) is 1. The third-order valence-corrected chi connectivity index (χ3v) is 3.71. The fourth-order valence-electron chi connectivity index (χ4n) is 2.40. The molecule has 0 aliphatic heterocycles. The van der Waals surface area contributed by atoms with E-state index in [-0.39, 0.29) is 5.91 Å². The molecule has 108 valence electrons. The molecule has 7 nitrogen and oxygen atoms in total. The van der Waals surface area contributed by atoms with Crippen molar-refractivity contribution in [3.63, 3.8) is 0 Å². The van der Waals surface area contributed by atoms with Crippen LogP contribution in [0.3, 0.4) is 0 Å². The van der Waals surface area contributed by atoms with Gasteiger partial charge in [0.2, 0.25) is 0 Å². The summed E-state index contributed by atoms with van der Waals surface area (Å²) in [6.07, 6.45) is 7.84. The number of imidazole rings is 1. The topological polar surface area (TPSA) is 77.4 Å². The van der Waals surface area contributed by atoms with Gasteiger partial charge in [0.25, 0.3) is 5.91 Å². The minimum atomic E-state index is -0.192. The SMILES string of the molecule is O=C(NCCn1ccn2nccc12)c1cc(C2CC2)on1. The Morgan fingerprint density at radius 2 is 2.33 bits per heavy atom. The van der Waals surface area contributed by atoms with Crippen LogP contribution in [-0.2, 0) is 6.54 Å². The average Bonchev–Trinajstić information content (AvgIpc) is 2.92. The molecule has 1 N–H and O–H groups in total. The smallest absolute Gasteiger partial charge is 0.273 e. The average molecular weight is 285 g/mol. The maximum atomic E-state index is 12.0. The van der Waals surface area contributed by atoms with Gasteiger partial charge in [0.15, 0.2) is 5.69 Å². The molecule has 0 atom stereocenters. The second-order valence-corrected chi connectivity index (χ2v) is 5.27. The number of nitrogens with zero attached hydrogens (tertiary/aromatic N) is 4. The van der Waals surface area contributed by atoms with Gasteiger partial charge < -0.3 is 14.4 Å². The van der Waals surface area contributed by atoms with Gasteiger partial charge in [-0.15, -0.1) is 0 Å². The van der Waals surface area contributed by atoms with Crippen molar-refractivity contribution >= 4 is 11.6 Å². The third-order valence-electron chi connectivity index (χ3n) is 3.71. The molecular weight excluding hydrogens is 270 g/mol. The number of carbonyl (C=O) groups excluding carboxylic acids is 1. The number of carbonyl (C=O) groups is 1. The maximum absolute atomic E-state index is 12.0. The molecule has 7 heteroatoms. The van der Waals surface area contributed by atoms with E-state index < -0.39 is 0 Å². The highest BCUT2D eigenvalue weighted by Crippen LogP contribution is 2.40. The van der Waals surface area contributed by atoms with Crippen molar-refractivity contribution in [1.82, 2.24) is 24.7 Å². The van der Waals surface area contributed by atoms with Gasteiger partial charge in [-0.2, -0.15) is 5.10 Å². The van der Waals surface area contributed by atoms with Gasteiger partial charge in [0.05, 0.1) is 6.20 Å². The van der Waals surface area contributed by atoms with Gasteiger partial charge in [-0.1, -0.05) is 5.16 Å². The van der Waals surface area contributed by atoms with Gasteiger partial charge in [-0.3, -0.25) is 4.79 Å². The van der Waals surface area contributed by atoms with Crippen LogP contribution in [-0.4, -0.2) is 31.8 Å². The summed E-state index contributed by atoms with van der Waals surface area (Å²) in [6.45, 7) is 1.21. The number of fused-ring (bicyclic) bond motifs is 1. The summed E-state index contributed by atoms with van der Waals surface area (Å²) in [6, 6.07) is 3.68. The van der Waals surface area contributed by atoms with Crippen LogP contribution in [0.5, 0.6) is 0 Å². The lowest BCUT2D eigenvalue weighted by atomic mass is 10.3. The number of aromatic nitrogens is 4. The summed E-state index contributed by atoms with van der Waals surface area (Å²) in [5.74, 6) is 1.10. The van der Waals surface area contributed by atoms with Crippen molar-refractivity contribution in [2.24, 2.45) is 0 Å². The first-order valence-electron chi connectivity index (χ1n) is 7.04. The maximum Gasteiger partial charge on any atom is 0.273 e.